The Morgan fingerprint density at radius 1 is 1.38 bits per heavy atom. The van der Waals surface area contributed by atoms with E-state index in [0.29, 0.717) is 6.61 Å². The molecule has 3 rings (SSSR count). The van der Waals surface area contributed by atoms with E-state index in [1.807, 2.05) is 30.4 Å². The summed E-state index contributed by atoms with van der Waals surface area (Å²) in [6.07, 6.45) is 13.2. The zero-order valence-corrected chi connectivity index (χ0v) is 14.5. The first-order valence-corrected chi connectivity index (χ1v) is 8.55. The van der Waals surface area contributed by atoms with Gasteiger partial charge in [0.2, 0.25) is 0 Å². The van der Waals surface area contributed by atoms with Crippen LogP contribution in [0.3, 0.4) is 0 Å². The van der Waals surface area contributed by atoms with Gasteiger partial charge < -0.3 is 4.74 Å². The third kappa shape index (κ3) is 4.18. The fourth-order valence-electron chi connectivity index (χ4n) is 3.06. The minimum atomic E-state index is -0.557. The molecule has 0 bridgehead atoms. The molecule has 0 radical (unpaired) electrons. The van der Waals surface area contributed by atoms with Crippen molar-refractivity contribution in [3.05, 3.63) is 77.4 Å². The topological polar surface area (TPSA) is 75.6 Å². The number of nitrogens with one attached hydrogen (secondary N) is 1. The first-order chi connectivity index (χ1) is 12.6. The molecule has 0 aromatic heterocycles. The van der Waals surface area contributed by atoms with Crippen LogP contribution in [0, 0.1) is 11.8 Å². The second-order valence-electron chi connectivity index (χ2n) is 6.46. The number of carbonyl (C=O) groups is 2. The molecule has 2 unspecified atom stereocenters. The number of fused-ring (bicyclic) bond motifs is 1. The smallest absolute Gasteiger partial charge is 0.267 e. The fourth-order valence-corrected chi connectivity index (χ4v) is 3.06. The van der Waals surface area contributed by atoms with E-state index in [1.165, 1.54) is 6.08 Å². The number of ketones is 1. The molecule has 26 heavy (non-hydrogen) atoms. The van der Waals surface area contributed by atoms with Crippen LogP contribution in [0.1, 0.15) is 22.8 Å². The van der Waals surface area contributed by atoms with E-state index in [1.54, 1.807) is 17.6 Å². The third-order valence-corrected chi connectivity index (χ3v) is 4.60. The second-order valence-corrected chi connectivity index (χ2v) is 6.46. The lowest BCUT2D eigenvalue weighted by Crippen LogP contribution is -2.19. The molecule has 0 heterocycles. The van der Waals surface area contributed by atoms with Crippen molar-refractivity contribution in [1.82, 2.24) is 5.48 Å². The average Bonchev–Trinajstić information content (AvgIpc) is 2.65. The van der Waals surface area contributed by atoms with Gasteiger partial charge in [0.1, 0.15) is 5.75 Å². The predicted octanol–water partition coefficient (Wildman–Crippen LogP) is 3.17. The number of rotatable bonds is 5. The molecule has 1 aromatic carbocycles. The van der Waals surface area contributed by atoms with Gasteiger partial charge in [-0.1, -0.05) is 31.2 Å². The maximum Gasteiger partial charge on any atom is 0.267 e. The van der Waals surface area contributed by atoms with E-state index >= 15 is 0 Å². The number of hydrogen-bond donors (Lipinski definition) is 2. The van der Waals surface area contributed by atoms with Crippen LogP contribution in [0.25, 0.3) is 0 Å². The normalized spacial score (nSPS) is 21.5. The SMILES string of the molecule is CC1C=C(/C=C/C(=O)NO)C=CC1COc1ccc2c(c1)CC=CC2=O. The molecule has 1 aromatic rings. The van der Waals surface area contributed by atoms with Crippen molar-refractivity contribution >= 4 is 11.7 Å². The summed E-state index contributed by atoms with van der Waals surface area (Å²) in [6.45, 7) is 2.62. The molecule has 2 aliphatic rings. The number of carbonyl (C=O) groups excluding carboxylic acids is 2. The van der Waals surface area contributed by atoms with Gasteiger partial charge in [0.15, 0.2) is 5.78 Å². The highest BCUT2D eigenvalue weighted by Crippen LogP contribution is 2.26. The van der Waals surface area contributed by atoms with Gasteiger partial charge in [0, 0.05) is 17.6 Å². The summed E-state index contributed by atoms with van der Waals surface area (Å²) in [6, 6.07) is 5.60. The van der Waals surface area contributed by atoms with Crippen LogP contribution in [0.4, 0.5) is 0 Å². The van der Waals surface area contributed by atoms with Crippen molar-refractivity contribution in [1.29, 1.82) is 0 Å². The Hall–Kier alpha value is -2.92. The molecule has 0 aliphatic heterocycles. The quantitative estimate of drug-likeness (QED) is 0.485. The highest BCUT2D eigenvalue weighted by Gasteiger charge is 2.18. The lowest BCUT2D eigenvalue weighted by Gasteiger charge is -2.23. The van der Waals surface area contributed by atoms with Crippen molar-refractivity contribution in [2.75, 3.05) is 6.61 Å². The van der Waals surface area contributed by atoms with Crippen molar-refractivity contribution in [3.63, 3.8) is 0 Å². The van der Waals surface area contributed by atoms with Crippen LogP contribution in [0.2, 0.25) is 0 Å². The summed E-state index contributed by atoms with van der Waals surface area (Å²) in [7, 11) is 0. The third-order valence-electron chi connectivity index (χ3n) is 4.60. The Kier molecular flexibility index (Phi) is 5.49. The highest BCUT2D eigenvalue weighted by molar-refractivity contribution is 6.06. The fraction of sp³-hybridized carbons (Fsp3) is 0.238. The molecule has 1 amide bonds. The van der Waals surface area contributed by atoms with Crippen LogP contribution in [-0.2, 0) is 11.2 Å². The van der Waals surface area contributed by atoms with E-state index in [-0.39, 0.29) is 17.6 Å². The molecular weight excluding hydrogens is 330 g/mol. The number of allylic oxidation sites excluding steroid dienone is 6. The Bertz CT molecular complexity index is 832. The summed E-state index contributed by atoms with van der Waals surface area (Å²) < 4.78 is 5.94. The standard InChI is InChI=1S/C21H21NO4/c1-14-11-15(6-10-21(24)22-25)5-7-17(14)13-26-18-8-9-19-16(12-18)3-2-4-20(19)23/h2,4-12,14,17,25H,3,13H2,1H3,(H,22,24)/b10-6+. The Morgan fingerprint density at radius 3 is 3.00 bits per heavy atom. The second kappa shape index (κ2) is 7.97. The van der Waals surface area contributed by atoms with Gasteiger partial charge in [-0.05, 0) is 53.8 Å². The predicted molar refractivity (Wildman–Crippen MR) is 98.1 cm³/mol. The Labute approximate surface area is 152 Å². The van der Waals surface area contributed by atoms with Gasteiger partial charge in [0.25, 0.3) is 5.91 Å². The van der Waals surface area contributed by atoms with E-state index in [0.717, 1.165) is 28.9 Å². The number of ether oxygens (including phenoxy) is 1. The lowest BCUT2D eigenvalue weighted by molar-refractivity contribution is -0.124. The Balaban J connectivity index is 1.59. The molecule has 0 saturated heterocycles. The van der Waals surface area contributed by atoms with E-state index < -0.39 is 5.91 Å². The molecule has 2 N–H and O–H groups in total. The highest BCUT2D eigenvalue weighted by atomic mass is 16.5. The number of amides is 1. The average molecular weight is 351 g/mol. The van der Waals surface area contributed by atoms with Gasteiger partial charge in [-0.25, -0.2) is 5.48 Å². The molecule has 0 saturated carbocycles. The number of benzene rings is 1. The minimum absolute atomic E-state index is 0.0437. The molecule has 5 heteroatoms. The summed E-state index contributed by atoms with van der Waals surface area (Å²) in [5, 5.41) is 8.50. The van der Waals surface area contributed by atoms with Crippen LogP contribution >= 0.6 is 0 Å². The largest absolute Gasteiger partial charge is 0.493 e. The van der Waals surface area contributed by atoms with E-state index in [4.69, 9.17) is 9.94 Å². The molecule has 2 aliphatic carbocycles. The first kappa shape index (κ1) is 17.9. The maximum absolute atomic E-state index is 11.8. The maximum atomic E-state index is 11.8. The lowest BCUT2D eigenvalue weighted by atomic mass is 9.87. The van der Waals surface area contributed by atoms with Crippen LogP contribution in [-0.4, -0.2) is 23.5 Å². The zero-order chi connectivity index (χ0) is 18.5. The van der Waals surface area contributed by atoms with Crippen molar-refractivity contribution < 1.29 is 19.5 Å². The van der Waals surface area contributed by atoms with Crippen molar-refractivity contribution in [2.45, 2.75) is 13.3 Å². The van der Waals surface area contributed by atoms with E-state index in [2.05, 4.69) is 19.1 Å². The van der Waals surface area contributed by atoms with Crippen molar-refractivity contribution in [2.24, 2.45) is 11.8 Å². The summed E-state index contributed by atoms with van der Waals surface area (Å²) in [4.78, 5) is 22.8. The summed E-state index contributed by atoms with van der Waals surface area (Å²) in [5.41, 5.74) is 4.22. The minimum Gasteiger partial charge on any atom is -0.493 e. The van der Waals surface area contributed by atoms with Gasteiger partial charge in [0.05, 0.1) is 6.61 Å². The molecular formula is C21H21NO4. The molecule has 5 nitrogen and oxygen atoms in total. The molecule has 134 valence electrons. The van der Waals surface area contributed by atoms with Crippen LogP contribution in [0.15, 0.2) is 66.3 Å². The van der Waals surface area contributed by atoms with Crippen molar-refractivity contribution in [3.8, 4) is 5.75 Å². The number of hydroxylamine groups is 1. The Morgan fingerprint density at radius 2 is 2.23 bits per heavy atom. The number of hydrogen-bond acceptors (Lipinski definition) is 4. The van der Waals surface area contributed by atoms with Crippen LogP contribution < -0.4 is 10.2 Å². The van der Waals surface area contributed by atoms with E-state index in [9.17, 15) is 9.59 Å². The van der Waals surface area contributed by atoms with Crippen LogP contribution in [0.5, 0.6) is 5.75 Å². The summed E-state index contributed by atoms with van der Waals surface area (Å²) in [5.74, 6) is 0.720. The van der Waals surface area contributed by atoms with Gasteiger partial charge in [-0.3, -0.25) is 14.8 Å². The first-order valence-electron chi connectivity index (χ1n) is 8.55. The van der Waals surface area contributed by atoms with Gasteiger partial charge in [-0.15, -0.1) is 0 Å². The molecule has 0 spiro atoms. The van der Waals surface area contributed by atoms with Gasteiger partial charge >= 0.3 is 0 Å². The zero-order valence-electron chi connectivity index (χ0n) is 14.5. The molecule has 2 atom stereocenters. The van der Waals surface area contributed by atoms with Gasteiger partial charge in [-0.2, -0.15) is 0 Å². The monoisotopic (exact) mass is 351 g/mol. The molecule has 0 fully saturated rings. The summed E-state index contributed by atoms with van der Waals surface area (Å²) >= 11 is 0.